The first kappa shape index (κ1) is 14.1. The number of fused-ring (bicyclic) bond motifs is 1. The van der Waals surface area contributed by atoms with E-state index in [9.17, 15) is 4.79 Å². The smallest absolute Gasteiger partial charge is 0.228 e. The van der Waals surface area contributed by atoms with Gasteiger partial charge in [0.15, 0.2) is 11.5 Å². The third-order valence-corrected chi connectivity index (χ3v) is 4.52. The molecule has 1 N–H and O–H groups in total. The summed E-state index contributed by atoms with van der Waals surface area (Å²) < 4.78 is 11.2. The number of aryl methyl sites for hydroxylation is 1. The van der Waals surface area contributed by atoms with Crippen LogP contribution in [0.3, 0.4) is 0 Å². The summed E-state index contributed by atoms with van der Waals surface area (Å²) >= 11 is 0. The normalized spacial score (nSPS) is 21.6. The van der Waals surface area contributed by atoms with Crippen molar-refractivity contribution in [3.05, 3.63) is 53.6 Å². The maximum atomic E-state index is 12.4. The van der Waals surface area contributed by atoms with E-state index in [4.69, 9.17) is 9.47 Å². The van der Waals surface area contributed by atoms with E-state index in [1.807, 2.05) is 49.4 Å². The number of para-hydroxylation sites is 1. The zero-order valence-corrected chi connectivity index (χ0v) is 13.0. The first-order chi connectivity index (χ1) is 11.2. The van der Waals surface area contributed by atoms with Crippen LogP contribution in [0.15, 0.2) is 42.5 Å². The molecule has 0 bridgehead atoms. The lowest BCUT2D eigenvalue weighted by Crippen LogP contribution is -2.16. The second-order valence-electron chi connectivity index (χ2n) is 6.16. The number of anilines is 1. The van der Waals surface area contributed by atoms with Crippen LogP contribution < -0.4 is 14.8 Å². The fraction of sp³-hybridized carbons (Fsp3) is 0.316. The van der Waals surface area contributed by atoms with Gasteiger partial charge in [0.1, 0.15) is 13.2 Å². The Morgan fingerprint density at radius 2 is 1.87 bits per heavy atom. The topological polar surface area (TPSA) is 47.6 Å². The highest BCUT2D eigenvalue weighted by atomic mass is 16.6. The number of hydrogen-bond donors (Lipinski definition) is 1. The first-order valence-corrected chi connectivity index (χ1v) is 7.98. The summed E-state index contributed by atoms with van der Waals surface area (Å²) in [5.74, 6) is 1.99. The Hall–Kier alpha value is -2.49. The number of ether oxygens (including phenoxy) is 2. The quantitative estimate of drug-likeness (QED) is 0.944. The summed E-state index contributed by atoms with van der Waals surface area (Å²) in [6.45, 7) is 3.18. The fourth-order valence-electron chi connectivity index (χ4n) is 3.08. The minimum absolute atomic E-state index is 0.0390. The van der Waals surface area contributed by atoms with Crippen LogP contribution in [-0.2, 0) is 4.79 Å². The lowest BCUT2D eigenvalue weighted by atomic mass is 10.1. The van der Waals surface area contributed by atoms with Crippen molar-refractivity contribution in [3.8, 4) is 11.5 Å². The summed E-state index contributed by atoms with van der Waals surface area (Å²) in [6, 6.07) is 13.8. The monoisotopic (exact) mass is 309 g/mol. The minimum atomic E-state index is 0.0390. The Balaban J connectivity index is 1.45. The standard InChI is InChI=1S/C19H19NO3/c1-12-4-2-3-5-16(12)20-19(21)15-11-14(15)13-6-7-17-18(10-13)23-9-8-22-17/h2-7,10,14-15H,8-9,11H2,1H3,(H,20,21)/t14-,15-/m1/s1. The predicted octanol–water partition coefficient (Wildman–Crippen LogP) is 3.51. The summed E-state index contributed by atoms with van der Waals surface area (Å²) in [7, 11) is 0. The lowest BCUT2D eigenvalue weighted by Gasteiger charge is -2.18. The van der Waals surface area contributed by atoms with Gasteiger partial charge in [-0.3, -0.25) is 4.79 Å². The van der Waals surface area contributed by atoms with E-state index < -0.39 is 0 Å². The van der Waals surface area contributed by atoms with Gasteiger partial charge in [0.25, 0.3) is 0 Å². The van der Waals surface area contributed by atoms with Crippen molar-refractivity contribution in [1.82, 2.24) is 0 Å². The van der Waals surface area contributed by atoms with Gasteiger partial charge < -0.3 is 14.8 Å². The van der Waals surface area contributed by atoms with Crippen LogP contribution in [0, 0.1) is 12.8 Å². The van der Waals surface area contributed by atoms with Crippen LogP contribution in [0.2, 0.25) is 0 Å². The van der Waals surface area contributed by atoms with Gasteiger partial charge in [0.2, 0.25) is 5.91 Å². The summed E-state index contributed by atoms with van der Waals surface area (Å²) in [5, 5.41) is 3.04. The molecule has 1 heterocycles. The third-order valence-electron chi connectivity index (χ3n) is 4.52. The zero-order valence-electron chi connectivity index (χ0n) is 13.0. The molecule has 0 saturated heterocycles. The maximum Gasteiger partial charge on any atom is 0.228 e. The molecule has 4 heteroatoms. The number of carbonyl (C=O) groups excluding carboxylic acids is 1. The molecule has 0 aromatic heterocycles. The number of amides is 1. The van der Waals surface area contributed by atoms with Gasteiger partial charge in [-0.1, -0.05) is 24.3 Å². The second-order valence-corrected chi connectivity index (χ2v) is 6.16. The minimum Gasteiger partial charge on any atom is -0.486 e. The van der Waals surface area contributed by atoms with Crippen molar-refractivity contribution in [1.29, 1.82) is 0 Å². The predicted molar refractivity (Wildman–Crippen MR) is 88.1 cm³/mol. The number of nitrogens with one attached hydrogen (secondary N) is 1. The summed E-state index contributed by atoms with van der Waals surface area (Å²) in [6.07, 6.45) is 0.886. The molecule has 2 aliphatic rings. The molecule has 0 radical (unpaired) electrons. The van der Waals surface area contributed by atoms with Crippen molar-refractivity contribution < 1.29 is 14.3 Å². The number of rotatable bonds is 3. The van der Waals surface area contributed by atoms with E-state index in [1.165, 1.54) is 0 Å². The fourth-order valence-corrected chi connectivity index (χ4v) is 3.08. The van der Waals surface area contributed by atoms with Crippen molar-refractivity contribution in [2.45, 2.75) is 19.3 Å². The zero-order chi connectivity index (χ0) is 15.8. The van der Waals surface area contributed by atoms with Crippen LogP contribution in [0.1, 0.15) is 23.5 Å². The van der Waals surface area contributed by atoms with Crippen molar-refractivity contribution in [2.75, 3.05) is 18.5 Å². The first-order valence-electron chi connectivity index (χ1n) is 7.98. The van der Waals surface area contributed by atoms with Crippen molar-refractivity contribution >= 4 is 11.6 Å². The molecular formula is C19H19NO3. The molecule has 23 heavy (non-hydrogen) atoms. The highest BCUT2D eigenvalue weighted by Crippen LogP contribution is 2.49. The van der Waals surface area contributed by atoms with Gasteiger partial charge in [-0.15, -0.1) is 0 Å². The average Bonchev–Trinajstić information content (AvgIpc) is 3.37. The molecule has 0 unspecified atom stereocenters. The maximum absolute atomic E-state index is 12.4. The molecule has 118 valence electrons. The van der Waals surface area contributed by atoms with Crippen molar-refractivity contribution in [3.63, 3.8) is 0 Å². The molecule has 1 aliphatic heterocycles. The van der Waals surface area contributed by atoms with Crippen LogP contribution >= 0.6 is 0 Å². The van der Waals surface area contributed by atoms with Gasteiger partial charge in [-0.2, -0.15) is 0 Å². The Morgan fingerprint density at radius 1 is 1.09 bits per heavy atom. The molecule has 1 fully saturated rings. The van der Waals surface area contributed by atoms with Gasteiger partial charge in [-0.05, 0) is 48.6 Å². The molecule has 2 aromatic rings. The van der Waals surface area contributed by atoms with E-state index in [1.54, 1.807) is 0 Å². The Labute approximate surface area is 135 Å². The van der Waals surface area contributed by atoms with E-state index in [0.717, 1.165) is 34.7 Å². The third kappa shape index (κ3) is 2.77. The molecule has 1 saturated carbocycles. The summed E-state index contributed by atoms with van der Waals surface area (Å²) in [5.41, 5.74) is 3.13. The van der Waals surface area contributed by atoms with Crippen LogP contribution in [-0.4, -0.2) is 19.1 Å². The number of hydrogen-bond acceptors (Lipinski definition) is 3. The van der Waals surface area contributed by atoms with E-state index in [-0.39, 0.29) is 17.7 Å². The van der Waals surface area contributed by atoms with Gasteiger partial charge >= 0.3 is 0 Å². The van der Waals surface area contributed by atoms with E-state index in [0.29, 0.717) is 13.2 Å². The van der Waals surface area contributed by atoms with Crippen molar-refractivity contribution in [2.24, 2.45) is 5.92 Å². The van der Waals surface area contributed by atoms with Crippen LogP contribution in [0.5, 0.6) is 11.5 Å². The highest BCUT2D eigenvalue weighted by molar-refractivity contribution is 5.95. The molecule has 4 rings (SSSR count). The van der Waals surface area contributed by atoms with Crippen LogP contribution in [0.4, 0.5) is 5.69 Å². The largest absolute Gasteiger partial charge is 0.486 e. The van der Waals surface area contributed by atoms with Gasteiger partial charge in [0, 0.05) is 11.6 Å². The molecular weight excluding hydrogens is 290 g/mol. The Bertz CT molecular complexity index is 756. The SMILES string of the molecule is Cc1ccccc1NC(=O)[C@@H]1C[C@@H]1c1ccc2c(c1)OCCO2. The molecule has 2 atom stereocenters. The van der Waals surface area contributed by atoms with Gasteiger partial charge in [0.05, 0.1) is 0 Å². The molecule has 4 nitrogen and oxygen atoms in total. The second kappa shape index (κ2) is 5.61. The Kier molecular flexibility index (Phi) is 3.45. The summed E-state index contributed by atoms with van der Waals surface area (Å²) in [4.78, 5) is 12.4. The van der Waals surface area contributed by atoms with Gasteiger partial charge in [-0.25, -0.2) is 0 Å². The van der Waals surface area contributed by atoms with Crippen LogP contribution in [0.25, 0.3) is 0 Å². The highest BCUT2D eigenvalue weighted by Gasteiger charge is 2.44. The number of carbonyl (C=O) groups is 1. The van der Waals surface area contributed by atoms with E-state index in [2.05, 4.69) is 5.32 Å². The molecule has 2 aromatic carbocycles. The molecule has 0 spiro atoms. The molecule has 1 amide bonds. The lowest BCUT2D eigenvalue weighted by molar-refractivity contribution is -0.117. The Morgan fingerprint density at radius 3 is 2.70 bits per heavy atom. The average molecular weight is 309 g/mol. The van der Waals surface area contributed by atoms with E-state index >= 15 is 0 Å². The molecule has 1 aliphatic carbocycles. The number of benzene rings is 2.